The van der Waals surface area contributed by atoms with Crippen LogP contribution in [0.3, 0.4) is 0 Å². The summed E-state index contributed by atoms with van der Waals surface area (Å²) in [5, 5.41) is 3.84. The van der Waals surface area contributed by atoms with Gasteiger partial charge in [-0.15, -0.1) is 12.4 Å². The molecule has 3 rings (SSSR count). The molecule has 0 spiro atoms. The Bertz CT molecular complexity index is 893. The molecule has 0 radical (unpaired) electrons. The van der Waals surface area contributed by atoms with E-state index in [1.165, 1.54) is 12.1 Å². The Balaban J connectivity index is 0.00000300. The van der Waals surface area contributed by atoms with Gasteiger partial charge in [0.25, 0.3) is 0 Å². The lowest BCUT2D eigenvalue weighted by Gasteiger charge is -2.16. The third kappa shape index (κ3) is 6.89. The molecule has 1 N–H and O–H groups in total. The van der Waals surface area contributed by atoms with Crippen LogP contribution in [-0.2, 0) is 19.7 Å². The van der Waals surface area contributed by atoms with Crippen molar-refractivity contribution in [1.29, 1.82) is 0 Å². The van der Waals surface area contributed by atoms with E-state index in [0.717, 1.165) is 16.7 Å². The van der Waals surface area contributed by atoms with Crippen LogP contribution in [-0.4, -0.2) is 11.6 Å². The average Bonchev–Trinajstić information content (AvgIpc) is 2.70. The van der Waals surface area contributed by atoms with Gasteiger partial charge in [-0.1, -0.05) is 29.8 Å². The molecule has 0 unspecified atom stereocenters. The molecule has 0 fully saturated rings. The molecule has 0 aliphatic heterocycles. The van der Waals surface area contributed by atoms with Gasteiger partial charge in [-0.3, -0.25) is 4.98 Å². The van der Waals surface area contributed by atoms with Crippen LogP contribution in [0.15, 0.2) is 60.9 Å². The van der Waals surface area contributed by atoms with Crippen LogP contribution in [0.4, 0.5) is 4.39 Å². The standard InChI is InChI=1S/C22H22ClFN2O2.ClH/c1-2-27-21-11-18(14-26-13-17-4-3-9-25-12-17)10-20(23)22(21)28-15-16-5-7-19(24)8-6-16;/h3-12,26H,2,13-15H2,1H3;1H. The second kappa shape index (κ2) is 11.6. The molecule has 154 valence electrons. The maximum atomic E-state index is 13.0. The number of halogens is 3. The third-order valence-corrected chi connectivity index (χ3v) is 4.33. The molecule has 0 amide bonds. The first-order valence-electron chi connectivity index (χ1n) is 9.07. The maximum Gasteiger partial charge on any atom is 0.180 e. The largest absolute Gasteiger partial charge is 0.490 e. The lowest BCUT2D eigenvalue weighted by atomic mass is 10.2. The van der Waals surface area contributed by atoms with Crippen LogP contribution >= 0.6 is 24.0 Å². The molecular weight excluding hydrogens is 414 g/mol. The molecule has 0 saturated heterocycles. The number of nitrogens with zero attached hydrogens (tertiary/aromatic N) is 1. The van der Waals surface area contributed by atoms with Crippen molar-refractivity contribution in [1.82, 2.24) is 10.3 Å². The van der Waals surface area contributed by atoms with Gasteiger partial charge in [0.15, 0.2) is 11.5 Å². The number of hydrogen-bond donors (Lipinski definition) is 1. The van der Waals surface area contributed by atoms with E-state index in [2.05, 4.69) is 10.3 Å². The van der Waals surface area contributed by atoms with Crippen molar-refractivity contribution in [2.45, 2.75) is 26.6 Å². The number of nitrogens with one attached hydrogen (secondary N) is 1. The summed E-state index contributed by atoms with van der Waals surface area (Å²) in [5.41, 5.74) is 2.95. The van der Waals surface area contributed by atoms with E-state index in [1.54, 1.807) is 18.3 Å². The summed E-state index contributed by atoms with van der Waals surface area (Å²) in [6.07, 6.45) is 3.58. The molecule has 0 saturated carbocycles. The minimum atomic E-state index is -0.278. The summed E-state index contributed by atoms with van der Waals surface area (Å²) >= 11 is 6.45. The minimum absolute atomic E-state index is 0. The van der Waals surface area contributed by atoms with Gasteiger partial charge in [-0.05, 0) is 53.9 Å². The zero-order chi connectivity index (χ0) is 19.8. The molecule has 1 aromatic heterocycles. The first kappa shape index (κ1) is 22.9. The van der Waals surface area contributed by atoms with Gasteiger partial charge in [-0.2, -0.15) is 0 Å². The smallest absolute Gasteiger partial charge is 0.180 e. The molecule has 4 nitrogen and oxygen atoms in total. The Morgan fingerprint density at radius 2 is 1.76 bits per heavy atom. The summed E-state index contributed by atoms with van der Waals surface area (Å²) in [6.45, 7) is 4.02. The molecule has 0 bridgehead atoms. The number of pyridine rings is 1. The second-order valence-corrected chi connectivity index (χ2v) is 6.63. The normalized spacial score (nSPS) is 10.3. The predicted octanol–water partition coefficient (Wildman–Crippen LogP) is 5.56. The Morgan fingerprint density at radius 3 is 2.45 bits per heavy atom. The fraction of sp³-hybridized carbons (Fsp3) is 0.227. The molecular formula is C22H23Cl2FN2O2. The van der Waals surface area contributed by atoms with Crippen LogP contribution in [0.1, 0.15) is 23.6 Å². The van der Waals surface area contributed by atoms with E-state index in [0.29, 0.717) is 36.2 Å². The second-order valence-electron chi connectivity index (χ2n) is 6.22. The van der Waals surface area contributed by atoms with Crippen LogP contribution < -0.4 is 14.8 Å². The van der Waals surface area contributed by atoms with Crippen molar-refractivity contribution in [3.8, 4) is 11.5 Å². The fourth-order valence-electron chi connectivity index (χ4n) is 2.72. The summed E-state index contributed by atoms with van der Waals surface area (Å²) < 4.78 is 24.6. The van der Waals surface area contributed by atoms with Gasteiger partial charge in [0.2, 0.25) is 0 Å². The highest BCUT2D eigenvalue weighted by Crippen LogP contribution is 2.37. The van der Waals surface area contributed by atoms with Crippen LogP contribution in [0.25, 0.3) is 0 Å². The van der Waals surface area contributed by atoms with Gasteiger partial charge in [0.05, 0.1) is 11.6 Å². The quantitative estimate of drug-likeness (QED) is 0.476. The molecule has 29 heavy (non-hydrogen) atoms. The predicted molar refractivity (Wildman–Crippen MR) is 115 cm³/mol. The van der Waals surface area contributed by atoms with Crippen molar-refractivity contribution in [3.63, 3.8) is 0 Å². The van der Waals surface area contributed by atoms with Crippen LogP contribution in [0, 0.1) is 5.82 Å². The van der Waals surface area contributed by atoms with Crippen molar-refractivity contribution < 1.29 is 13.9 Å². The number of ether oxygens (including phenoxy) is 2. The monoisotopic (exact) mass is 436 g/mol. The van der Waals surface area contributed by atoms with Gasteiger partial charge in [0.1, 0.15) is 12.4 Å². The van der Waals surface area contributed by atoms with E-state index in [-0.39, 0.29) is 24.8 Å². The Kier molecular flexibility index (Phi) is 9.19. The maximum absolute atomic E-state index is 13.0. The summed E-state index contributed by atoms with van der Waals surface area (Å²) in [4.78, 5) is 4.11. The lowest BCUT2D eigenvalue weighted by Crippen LogP contribution is -2.13. The van der Waals surface area contributed by atoms with Crippen molar-refractivity contribution in [2.24, 2.45) is 0 Å². The molecule has 2 aromatic carbocycles. The van der Waals surface area contributed by atoms with Crippen LogP contribution in [0.2, 0.25) is 5.02 Å². The fourth-order valence-corrected chi connectivity index (χ4v) is 3.00. The highest BCUT2D eigenvalue weighted by Gasteiger charge is 2.13. The molecule has 3 aromatic rings. The lowest BCUT2D eigenvalue weighted by molar-refractivity contribution is 0.269. The SMILES string of the molecule is CCOc1cc(CNCc2cccnc2)cc(Cl)c1OCc1ccc(F)cc1.Cl. The van der Waals surface area contributed by atoms with Crippen LogP contribution in [0.5, 0.6) is 11.5 Å². The third-order valence-electron chi connectivity index (χ3n) is 4.05. The number of hydrogen-bond acceptors (Lipinski definition) is 4. The number of benzene rings is 2. The van der Waals surface area contributed by atoms with Crippen molar-refractivity contribution in [2.75, 3.05) is 6.61 Å². The molecule has 0 aliphatic rings. The molecule has 1 heterocycles. The average molecular weight is 437 g/mol. The van der Waals surface area contributed by atoms with E-state index in [4.69, 9.17) is 21.1 Å². The highest BCUT2D eigenvalue weighted by molar-refractivity contribution is 6.32. The first-order valence-corrected chi connectivity index (χ1v) is 9.45. The van der Waals surface area contributed by atoms with Gasteiger partial charge >= 0.3 is 0 Å². The van der Waals surface area contributed by atoms with Gasteiger partial charge in [-0.25, -0.2) is 4.39 Å². The molecule has 0 atom stereocenters. The zero-order valence-corrected chi connectivity index (χ0v) is 17.6. The Labute approximate surface area is 181 Å². The Morgan fingerprint density at radius 1 is 1.00 bits per heavy atom. The van der Waals surface area contributed by atoms with E-state index < -0.39 is 0 Å². The molecule has 0 aliphatic carbocycles. The minimum Gasteiger partial charge on any atom is -0.490 e. The summed E-state index contributed by atoms with van der Waals surface area (Å²) in [7, 11) is 0. The van der Waals surface area contributed by atoms with E-state index >= 15 is 0 Å². The molecule has 7 heteroatoms. The first-order chi connectivity index (χ1) is 13.7. The van der Waals surface area contributed by atoms with Crippen molar-refractivity contribution >= 4 is 24.0 Å². The highest BCUT2D eigenvalue weighted by atomic mass is 35.5. The van der Waals surface area contributed by atoms with Gasteiger partial charge in [0, 0.05) is 25.5 Å². The summed E-state index contributed by atoms with van der Waals surface area (Å²) in [6, 6.07) is 13.9. The van der Waals surface area contributed by atoms with E-state index in [1.807, 2.05) is 37.4 Å². The number of aromatic nitrogens is 1. The number of rotatable bonds is 9. The van der Waals surface area contributed by atoms with Crippen molar-refractivity contribution in [3.05, 3.63) is 88.5 Å². The van der Waals surface area contributed by atoms with Gasteiger partial charge < -0.3 is 14.8 Å². The Hall–Kier alpha value is -2.34. The van der Waals surface area contributed by atoms with E-state index in [9.17, 15) is 4.39 Å². The zero-order valence-electron chi connectivity index (χ0n) is 16.0. The topological polar surface area (TPSA) is 43.4 Å². The summed E-state index contributed by atoms with van der Waals surface area (Å²) in [5.74, 6) is 0.805.